The highest BCUT2D eigenvalue weighted by atomic mass is 14.9. The largest absolute Gasteiger partial charge is 0.355 e. The minimum atomic E-state index is 1.07. The fourth-order valence-electron chi connectivity index (χ4n) is 2.90. The predicted molar refractivity (Wildman–Crippen MR) is 105 cm³/mol. The van der Waals surface area contributed by atoms with Crippen LogP contribution >= 0.6 is 0 Å². The first kappa shape index (κ1) is 15.2. The molecule has 0 amide bonds. The number of anilines is 2. The summed E-state index contributed by atoms with van der Waals surface area (Å²) in [7, 11) is 0. The van der Waals surface area contributed by atoms with Crippen LogP contribution in [0.1, 0.15) is 0 Å². The Bertz CT molecular complexity index is 949. The van der Waals surface area contributed by atoms with Gasteiger partial charge in [0.1, 0.15) is 0 Å². The molecule has 1 heterocycles. The summed E-state index contributed by atoms with van der Waals surface area (Å²) in [6.45, 7) is 0. The third-order valence-electron chi connectivity index (χ3n) is 4.15. The monoisotopic (exact) mass is 322 g/mol. The standard InChI is InChI=1S/C23H18N2/c1-3-8-18(9-4-1)19-13-14-23(25-21-11-5-2-6-12-21)22(16-19)20-10-7-15-24-17-20/h1-17,25H. The van der Waals surface area contributed by atoms with Crippen molar-refractivity contribution in [3.05, 3.63) is 103 Å². The minimum absolute atomic E-state index is 1.07. The van der Waals surface area contributed by atoms with E-state index in [1.807, 2.05) is 36.5 Å². The van der Waals surface area contributed by atoms with Crippen molar-refractivity contribution in [3.8, 4) is 22.3 Å². The van der Waals surface area contributed by atoms with Gasteiger partial charge >= 0.3 is 0 Å². The lowest BCUT2D eigenvalue weighted by Gasteiger charge is -2.14. The van der Waals surface area contributed by atoms with Crippen molar-refractivity contribution >= 4 is 11.4 Å². The van der Waals surface area contributed by atoms with Crippen LogP contribution in [0.2, 0.25) is 0 Å². The van der Waals surface area contributed by atoms with E-state index in [0.29, 0.717) is 0 Å². The summed E-state index contributed by atoms with van der Waals surface area (Å²) in [4.78, 5) is 4.28. The lowest BCUT2D eigenvalue weighted by molar-refractivity contribution is 1.33. The van der Waals surface area contributed by atoms with Crippen molar-refractivity contribution in [3.63, 3.8) is 0 Å². The van der Waals surface area contributed by atoms with E-state index in [-0.39, 0.29) is 0 Å². The zero-order valence-corrected chi connectivity index (χ0v) is 13.8. The molecule has 0 spiro atoms. The van der Waals surface area contributed by atoms with Gasteiger partial charge in [0.25, 0.3) is 0 Å². The summed E-state index contributed by atoms with van der Waals surface area (Å²) in [6.07, 6.45) is 3.70. The molecule has 0 saturated carbocycles. The van der Waals surface area contributed by atoms with Crippen LogP contribution in [0.15, 0.2) is 103 Å². The second-order valence-electron chi connectivity index (χ2n) is 5.86. The molecule has 2 nitrogen and oxygen atoms in total. The molecule has 0 radical (unpaired) electrons. The fraction of sp³-hybridized carbons (Fsp3) is 0. The summed E-state index contributed by atoms with van der Waals surface area (Å²) in [5, 5.41) is 3.52. The molecular formula is C23H18N2. The number of pyridine rings is 1. The molecule has 0 atom stereocenters. The van der Waals surface area contributed by atoms with Crippen LogP contribution < -0.4 is 5.32 Å². The Morgan fingerprint density at radius 3 is 2.04 bits per heavy atom. The first-order valence-electron chi connectivity index (χ1n) is 8.32. The molecule has 4 rings (SSSR count). The van der Waals surface area contributed by atoms with E-state index in [4.69, 9.17) is 0 Å². The van der Waals surface area contributed by atoms with Gasteiger partial charge < -0.3 is 5.32 Å². The van der Waals surface area contributed by atoms with E-state index < -0.39 is 0 Å². The van der Waals surface area contributed by atoms with Gasteiger partial charge in [-0.2, -0.15) is 0 Å². The van der Waals surface area contributed by atoms with Crippen molar-refractivity contribution in [1.29, 1.82) is 0 Å². The summed E-state index contributed by atoms with van der Waals surface area (Å²) in [5.74, 6) is 0. The van der Waals surface area contributed by atoms with Gasteiger partial charge in [0.15, 0.2) is 0 Å². The lowest BCUT2D eigenvalue weighted by atomic mass is 9.98. The number of hydrogen-bond acceptors (Lipinski definition) is 2. The van der Waals surface area contributed by atoms with Gasteiger partial charge in [-0.05, 0) is 41.5 Å². The van der Waals surface area contributed by atoms with Gasteiger partial charge in [-0.3, -0.25) is 4.98 Å². The van der Waals surface area contributed by atoms with Crippen LogP contribution in [0, 0.1) is 0 Å². The first-order valence-corrected chi connectivity index (χ1v) is 8.32. The van der Waals surface area contributed by atoms with E-state index in [9.17, 15) is 0 Å². The average Bonchev–Trinajstić information content (AvgIpc) is 2.70. The molecule has 0 aliphatic rings. The quantitative estimate of drug-likeness (QED) is 0.487. The molecule has 1 N–H and O–H groups in total. The van der Waals surface area contributed by atoms with E-state index in [1.165, 1.54) is 11.1 Å². The number of nitrogens with zero attached hydrogens (tertiary/aromatic N) is 1. The Kier molecular flexibility index (Phi) is 4.25. The number of para-hydroxylation sites is 1. The highest BCUT2D eigenvalue weighted by Gasteiger charge is 2.08. The molecule has 25 heavy (non-hydrogen) atoms. The van der Waals surface area contributed by atoms with Crippen molar-refractivity contribution in [2.75, 3.05) is 5.32 Å². The number of rotatable bonds is 4. The van der Waals surface area contributed by atoms with Gasteiger partial charge in [-0.1, -0.05) is 60.7 Å². The van der Waals surface area contributed by atoms with Crippen LogP contribution in [-0.4, -0.2) is 4.98 Å². The minimum Gasteiger partial charge on any atom is -0.355 e. The van der Waals surface area contributed by atoms with Crippen molar-refractivity contribution in [2.24, 2.45) is 0 Å². The molecule has 4 aromatic rings. The second kappa shape index (κ2) is 7.02. The number of benzene rings is 3. The van der Waals surface area contributed by atoms with E-state index in [2.05, 4.69) is 71.0 Å². The molecule has 0 aliphatic carbocycles. The molecule has 120 valence electrons. The summed E-state index contributed by atoms with van der Waals surface area (Å²) >= 11 is 0. The number of nitrogens with one attached hydrogen (secondary N) is 1. The van der Waals surface area contributed by atoms with Crippen LogP contribution in [0.25, 0.3) is 22.3 Å². The maximum Gasteiger partial charge on any atom is 0.0464 e. The molecule has 3 aromatic carbocycles. The summed E-state index contributed by atoms with van der Waals surface area (Å²) in [6, 6.07) is 31.2. The highest BCUT2D eigenvalue weighted by molar-refractivity contribution is 5.85. The number of aromatic nitrogens is 1. The van der Waals surface area contributed by atoms with Gasteiger partial charge in [0.05, 0.1) is 0 Å². The molecule has 0 unspecified atom stereocenters. The fourth-order valence-corrected chi connectivity index (χ4v) is 2.90. The lowest BCUT2D eigenvalue weighted by Crippen LogP contribution is -1.94. The third kappa shape index (κ3) is 3.43. The zero-order chi connectivity index (χ0) is 16.9. The van der Waals surface area contributed by atoms with Crippen LogP contribution in [0.5, 0.6) is 0 Å². The van der Waals surface area contributed by atoms with Crippen LogP contribution in [-0.2, 0) is 0 Å². The summed E-state index contributed by atoms with van der Waals surface area (Å²) in [5.41, 5.74) is 6.77. The van der Waals surface area contributed by atoms with Gasteiger partial charge in [0.2, 0.25) is 0 Å². The Hall–Kier alpha value is -3.39. The Labute approximate surface area is 147 Å². The van der Waals surface area contributed by atoms with E-state index in [1.54, 1.807) is 6.20 Å². The molecule has 0 saturated heterocycles. The van der Waals surface area contributed by atoms with E-state index in [0.717, 1.165) is 22.5 Å². The van der Waals surface area contributed by atoms with Crippen molar-refractivity contribution in [2.45, 2.75) is 0 Å². The van der Waals surface area contributed by atoms with Crippen LogP contribution in [0.3, 0.4) is 0 Å². The molecule has 0 bridgehead atoms. The maximum atomic E-state index is 4.28. The second-order valence-corrected chi connectivity index (χ2v) is 5.86. The van der Waals surface area contributed by atoms with Crippen molar-refractivity contribution < 1.29 is 0 Å². The molecule has 2 heteroatoms. The topological polar surface area (TPSA) is 24.9 Å². The smallest absolute Gasteiger partial charge is 0.0464 e. The molecule has 0 aliphatic heterocycles. The molecule has 1 aromatic heterocycles. The molecule has 0 fully saturated rings. The summed E-state index contributed by atoms with van der Waals surface area (Å²) < 4.78 is 0. The normalized spacial score (nSPS) is 10.4. The van der Waals surface area contributed by atoms with Gasteiger partial charge in [-0.25, -0.2) is 0 Å². The first-order chi connectivity index (χ1) is 12.4. The third-order valence-corrected chi connectivity index (χ3v) is 4.15. The maximum absolute atomic E-state index is 4.28. The van der Waals surface area contributed by atoms with Crippen LogP contribution in [0.4, 0.5) is 11.4 Å². The SMILES string of the molecule is c1ccc(Nc2ccc(-c3ccccc3)cc2-c2cccnc2)cc1. The highest BCUT2D eigenvalue weighted by Crippen LogP contribution is 2.34. The molecular weight excluding hydrogens is 304 g/mol. The van der Waals surface area contributed by atoms with Gasteiger partial charge in [0, 0.05) is 34.9 Å². The van der Waals surface area contributed by atoms with E-state index >= 15 is 0 Å². The predicted octanol–water partition coefficient (Wildman–Crippen LogP) is 6.16. The average molecular weight is 322 g/mol. The van der Waals surface area contributed by atoms with Gasteiger partial charge in [-0.15, -0.1) is 0 Å². The zero-order valence-electron chi connectivity index (χ0n) is 13.8. The van der Waals surface area contributed by atoms with Crippen molar-refractivity contribution in [1.82, 2.24) is 4.98 Å². The Morgan fingerprint density at radius 2 is 1.32 bits per heavy atom. The Morgan fingerprint density at radius 1 is 0.600 bits per heavy atom. The Balaban J connectivity index is 1.81. The number of hydrogen-bond donors (Lipinski definition) is 1.